The summed E-state index contributed by atoms with van der Waals surface area (Å²) in [5.41, 5.74) is 0. The maximum atomic E-state index is 12.0. The van der Waals surface area contributed by atoms with Gasteiger partial charge in [-0.15, -0.1) is 0 Å². The molecule has 4 nitrogen and oxygen atoms in total. The standard InChI is InChI=1S/C17H24ClNO3/c1-13(22-16-6-4-15(18)5-7-16)17(20)19-10-2-3-14-8-11-21-12-9-14/h4-7,13-14H,2-3,8-12H2,1H3,(H,19,20). The van der Waals surface area contributed by atoms with Crippen molar-refractivity contribution in [3.63, 3.8) is 0 Å². The van der Waals surface area contributed by atoms with Crippen molar-refractivity contribution in [1.29, 1.82) is 0 Å². The summed E-state index contributed by atoms with van der Waals surface area (Å²) in [5.74, 6) is 1.31. The van der Waals surface area contributed by atoms with Gasteiger partial charge < -0.3 is 14.8 Å². The predicted molar refractivity (Wildman–Crippen MR) is 87.3 cm³/mol. The highest BCUT2D eigenvalue weighted by Crippen LogP contribution is 2.19. The lowest BCUT2D eigenvalue weighted by atomic mass is 9.95. The van der Waals surface area contributed by atoms with Crippen LogP contribution < -0.4 is 10.1 Å². The molecule has 1 saturated heterocycles. The Labute approximate surface area is 137 Å². The van der Waals surface area contributed by atoms with E-state index in [0.29, 0.717) is 17.3 Å². The molecule has 0 spiro atoms. The monoisotopic (exact) mass is 325 g/mol. The summed E-state index contributed by atoms with van der Waals surface area (Å²) >= 11 is 5.82. The number of nitrogens with one attached hydrogen (secondary N) is 1. The SMILES string of the molecule is CC(Oc1ccc(Cl)cc1)C(=O)NCCCC1CCOCC1. The molecule has 0 aliphatic carbocycles. The Morgan fingerprint density at radius 2 is 2.05 bits per heavy atom. The maximum Gasteiger partial charge on any atom is 0.260 e. The van der Waals surface area contributed by atoms with Crippen LogP contribution in [0.1, 0.15) is 32.6 Å². The zero-order valence-electron chi connectivity index (χ0n) is 13.0. The van der Waals surface area contributed by atoms with Gasteiger partial charge in [0.2, 0.25) is 0 Å². The Morgan fingerprint density at radius 3 is 2.73 bits per heavy atom. The van der Waals surface area contributed by atoms with Crippen LogP contribution in [-0.4, -0.2) is 31.8 Å². The van der Waals surface area contributed by atoms with Gasteiger partial charge in [0.05, 0.1) is 0 Å². The molecule has 0 radical (unpaired) electrons. The Bertz CT molecular complexity index is 457. The molecule has 1 amide bonds. The summed E-state index contributed by atoms with van der Waals surface area (Å²) in [6, 6.07) is 7.01. The fraction of sp³-hybridized carbons (Fsp3) is 0.588. The zero-order valence-corrected chi connectivity index (χ0v) is 13.8. The molecule has 1 heterocycles. The van der Waals surface area contributed by atoms with Gasteiger partial charge in [0.25, 0.3) is 5.91 Å². The zero-order chi connectivity index (χ0) is 15.8. The topological polar surface area (TPSA) is 47.6 Å². The number of amides is 1. The average Bonchev–Trinajstić information content (AvgIpc) is 2.54. The van der Waals surface area contributed by atoms with Gasteiger partial charge in [-0.3, -0.25) is 4.79 Å². The highest BCUT2D eigenvalue weighted by atomic mass is 35.5. The lowest BCUT2D eigenvalue weighted by Crippen LogP contribution is -2.37. The van der Waals surface area contributed by atoms with Crippen LogP contribution in [0.2, 0.25) is 5.02 Å². The molecule has 1 unspecified atom stereocenters. The smallest absolute Gasteiger partial charge is 0.260 e. The van der Waals surface area contributed by atoms with Crippen molar-refractivity contribution in [2.75, 3.05) is 19.8 Å². The van der Waals surface area contributed by atoms with Crippen molar-refractivity contribution < 1.29 is 14.3 Å². The lowest BCUT2D eigenvalue weighted by molar-refractivity contribution is -0.127. The van der Waals surface area contributed by atoms with Crippen LogP contribution in [0.4, 0.5) is 0 Å². The molecular weight excluding hydrogens is 302 g/mol. The minimum absolute atomic E-state index is 0.0815. The van der Waals surface area contributed by atoms with E-state index < -0.39 is 6.10 Å². The molecule has 1 aromatic carbocycles. The third kappa shape index (κ3) is 5.85. The third-order valence-electron chi connectivity index (χ3n) is 3.92. The van der Waals surface area contributed by atoms with Gasteiger partial charge in [0.15, 0.2) is 6.10 Å². The molecule has 0 bridgehead atoms. The van der Waals surface area contributed by atoms with Gasteiger partial charge in [0, 0.05) is 24.8 Å². The maximum absolute atomic E-state index is 12.0. The first-order valence-electron chi connectivity index (χ1n) is 7.93. The summed E-state index contributed by atoms with van der Waals surface area (Å²) in [6.07, 6.45) is 3.93. The molecule has 0 saturated carbocycles. The number of halogens is 1. The Hall–Kier alpha value is -1.26. The summed E-state index contributed by atoms with van der Waals surface area (Å²) in [4.78, 5) is 12.0. The van der Waals surface area contributed by atoms with E-state index in [0.717, 1.165) is 44.8 Å². The molecular formula is C17H24ClNO3. The second-order valence-electron chi connectivity index (χ2n) is 5.70. The van der Waals surface area contributed by atoms with Crippen LogP contribution in [0.25, 0.3) is 0 Å². The average molecular weight is 326 g/mol. The van der Waals surface area contributed by atoms with Gasteiger partial charge >= 0.3 is 0 Å². The van der Waals surface area contributed by atoms with Crippen LogP contribution in [0.15, 0.2) is 24.3 Å². The molecule has 2 rings (SSSR count). The molecule has 0 aromatic heterocycles. The number of carbonyl (C=O) groups is 1. The van der Waals surface area contributed by atoms with E-state index in [4.69, 9.17) is 21.1 Å². The lowest BCUT2D eigenvalue weighted by Gasteiger charge is -2.22. The fourth-order valence-corrected chi connectivity index (χ4v) is 2.68. The molecule has 22 heavy (non-hydrogen) atoms. The number of carbonyl (C=O) groups excluding carboxylic acids is 1. The molecule has 1 aromatic rings. The number of rotatable bonds is 7. The van der Waals surface area contributed by atoms with Crippen LogP contribution in [0, 0.1) is 5.92 Å². The van der Waals surface area contributed by atoms with Crippen molar-refractivity contribution in [2.45, 2.75) is 38.7 Å². The number of hydrogen-bond acceptors (Lipinski definition) is 3. The second kappa shape index (κ2) is 9.01. The van der Waals surface area contributed by atoms with Crippen molar-refractivity contribution in [3.05, 3.63) is 29.3 Å². The van der Waals surface area contributed by atoms with Gasteiger partial charge in [0.1, 0.15) is 5.75 Å². The van der Waals surface area contributed by atoms with E-state index in [1.54, 1.807) is 31.2 Å². The molecule has 122 valence electrons. The predicted octanol–water partition coefficient (Wildman–Crippen LogP) is 3.43. The highest BCUT2D eigenvalue weighted by Gasteiger charge is 2.16. The van der Waals surface area contributed by atoms with Gasteiger partial charge in [-0.2, -0.15) is 0 Å². The van der Waals surface area contributed by atoms with Crippen molar-refractivity contribution in [2.24, 2.45) is 5.92 Å². The molecule has 1 aliphatic rings. The van der Waals surface area contributed by atoms with E-state index in [1.807, 2.05) is 0 Å². The van der Waals surface area contributed by atoms with Gasteiger partial charge in [-0.1, -0.05) is 11.6 Å². The largest absolute Gasteiger partial charge is 0.481 e. The molecule has 1 aliphatic heterocycles. The number of benzene rings is 1. The Balaban J connectivity index is 1.62. The van der Waals surface area contributed by atoms with Crippen LogP contribution in [-0.2, 0) is 9.53 Å². The minimum Gasteiger partial charge on any atom is -0.481 e. The second-order valence-corrected chi connectivity index (χ2v) is 6.14. The molecule has 1 fully saturated rings. The summed E-state index contributed by atoms with van der Waals surface area (Å²) < 4.78 is 10.9. The first-order valence-corrected chi connectivity index (χ1v) is 8.30. The first-order chi connectivity index (χ1) is 10.6. The van der Waals surface area contributed by atoms with Crippen molar-refractivity contribution >= 4 is 17.5 Å². The first kappa shape index (κ1) is 17.1. The van der Waals surface area contributed by atoms with E-state index in [1.165, 1.54) is 0 Å². The summed E-state index contributed by atoms with van der Waals surface area (Å²) in [6.45, 7) is 4.21. The minimum atomic E-state index is -0.510. The highest BCUT2D eigenvalue weighted by molar-refractivity contribution is 6.30. The normalized spacial score (nSPS) is 17.0. The van der Waals surface area contributed by atoms with E-state index in [-0.39, 0.29) is 5.91 Å². The number of ether oxygens (including phenoxy) is 2. The molecule has 1 atom stereocenters. The van der Waals surface area contributed by atoms with Crippen molar-refractivity contribution in [1.82, 2.24) is 5.32 Å². The van der Waals surface area contributed by atoms with Crippen LogP contribution in [0.3, 0.4) is 0 Å². The van der Waals surface area contributed by atoms with E-state index >= 15 is 0 Å². The molecule has 1 N–H and O–H groups in total. The van der Waals surface area contributed by atoms with E-state index in [2.05, 4.69) is 5.32 Å². The van der Waals surface area contributed by atoms with Crippen LogP contribution in [0.5, 0.6) is 5.75 Å². The number of hydrogen-bond donors (Lipinski definition) is 1. The quantitative estimate of drug-likeness (QED) is 0.781. The van der Waals surface area contributed by atoms with Crippen molar-refractivity contribution in [3.8, 4) is 5.75 Å². The molecule has 5 heteroatoms. The summed E-state index contributed by atoms with van der Waals surface area (Å²) in [5, 5.41) is 3.58. The van der Waals surface area contributed by atoms with Gasteiger partial charge in [-0.05, 0) is 62.8 Å². The Morgan fingerprint density at radius 1 is 1.36 bits per heavy atom. The van der Waals surface area contributed by atoms with Crippen LogP contribution >= 0.6 is 11.6 Å². The Kier molecular flexibility index (Phi) is 7.00. The summed E-state index contributed by atoms with van der Waals surface area (Å²) in [7, 11) is 0. The van der Waals surface area contributed by atoms with Gasteiger partial charge in [-0.25, -0.2) is 0 Å². The third-order valence-corrected chi connectivity index (χ3v) is 4.18. The fourth-order valence-electron chi connectivity index (χ4n) is 2.55. The van der Waals surface area contributed by atoms with E-state index in [9.17, 15) is 4.79 Å².